The molecule has 1 aromatic carbocycles. The number of thiazole rings is 1. The first-order valence-electron chi connectivity index (χ1n) is 6.44. The number of rotatable bonds is 3. The Kier molecular flexibility index (Phi) is 3.14. The second kappa shape index (κ2) is 4.81. The maximum atomic E-state index is 11.5. The molecule has 2 heterocycles. The van der Waals surface area contributed by atoms with Crippen molar-refractivity contribution in [3.63, 3.8) is 0 Å². The van der Waals surface area contributed by atoms with Crippen LogP contribution in [0.3, 0.4) is 0 Å². The van der Waals surface area contributed by atoms with Gasteiger partial charge in [0.15, 0.2) is 5.13 Å². The summed E-state index contributed by atoms with van der Waals surface area (Å²) in [6.45, 7) is 5.20. The van der Waals surface area contributed by atoms with E-state index in [-0.39, 0.29) is 18.0 Å². The van der Waals surface area contributed by atoms with E-state index in [1.807, 2.05) is 32.0 Å². The molecule has 0 bridgehead atoms. The average Bonchev–Trinajstić information content (AvgIpc) is 2.75. The first-order valence-corrected chi connectivity index (χ1v) is 7.26. The molecule has 0 saturated carbocycles. The van der Waals surface area contributed by atoms with E-state index in [0.29, 0.717) is 0 Å². The predicted octanol–water partition coefficient (Wildman–Crippen LogP) is 2.68. The summed E-state index contributed by atoms with van der Waals surface area (Å²) in [6.07, 6.45) is 0.0157. The van der Waals surface area contributed by atoms with Crippen molar-refractivity contribution in [1.29, 1.82) is 0 Å². The summed E-state index contributed by atoms with van der Waals surface area (Å²) in [4.78, 5) is 18.2. The molecule has 0 N–H and O–H groups in total. The van der Waals surface area contributed by atoms with Crippen LogP contribution in [-0.4, -0.2) is 30.1 Å². The maximum absolute atomic E-state index is 11.5. The van der Waals surface area contributed by atoms with E-state index in [9.17, 15) is 4.79 Å². The van der Waals surface area contributed by atoms with E-state index in [2.05, 4.69) is 16.0 Å². The average molecular weight is 276 g/mol. The van der Waals surface area contributed by atoms with Crippen LogP contribution in [0.1, 0.15) is 13.8 Å². The van der Waals surface area contributed by atoms with Crippen molar-refractivity contribution in [1.82, 2.24) is 4.98 Å². The predicted molar refractivity (Wildman–Crippen MR) is 76.6 cm³/mol. The number of ether oxygens (including phenoxy) is 1. The second-order valence-corrected chi connectivity index (χ2v) is 6.09. The maximum Gasteiger partial charge on any atom is 0.308 e. The Morgan fingerprint density at radius 3 is 2.84 bits per heavy atom. The Bertz CT molecular complexity index is 569. The van der Waals surface area contributed by atoms with Gasteiger partial charge in [-0.3, -0.25) is 4.79 Å². The highest BCUT2D eigenvalue weighted by Gasteiger charge is 2.32. The van der Waals surface area contributed by atoms with Gasteiger partial charge in [0.25, 0.3) is 0 Å². The number of anilines is 1. The molecule has 0 radical (unpaired) electrons. The minimum absolute atomic E-state index is 0.0157. The topological polar surface area (TPSA) is 42.4 Å². The SMILES string of the molecule is CC(C)C(=O)OC1CN(c2nc3ccccc3s2)C1. The lowest BCUT2D eigenvalue weighted by Crippen LogP contribution is -2.53. The van der Waals surface area contributed by atoms with Crippen LogP contribution in [0, 0.1) is 5.92 Å². The van der Waals surface area contributed by atoms with Crippen LogP contribution in [0.4, 0.5) is 5.13 Å². The number of esters is 1. The van der Waals surface area contributed by atoms with E-state index in [4.69, 9.17) is 4.74 Å². The summed E-state index contributed by atoms with van der Waals surface area (Å²) in [7, 11) is 0. The minimum atomic E-state index is -0.117. The van der Waals surface area contributed by atoms with E-state index in [1.165, 1.54) is 4.70 Å². The van der Waals surface area contributed by atoms with Crippen molar-refractivity contribution in [3.8, 4) is 0 Å². The number of carbonyl (C=O) groups is 1. The quantitative estimate of drug-likeness (QED) is 0.808. The number of carbonyl (C=O) groups excluding carboxylic acids is 1. The van der Waals surface area contributed by atoms with Gasteiger partial charge in [0, 0.05) is 0 Å². The van der Waals surface area contributed by atoms with Crippen molar-refractivity contribution in [2.75, 3.05) is 18.0 Å². The summed E-state index contributed by atoms with van der Waals surface area (Å²) in [5.41, 5.74) is 1.03. The van der Waals surface area contributed by atoms with Crippen molar-refractivity contribution < 1.29 is 9.53 Å². The van der Waals surface area contributed by atoms with Crippen molar-refractivity contribution in [2.45, 2.75) is 20.0 Å². The highest BCUT2D eigenvalue weighted by Crippen LogP contribution is 2.31. The first-order chi connectivity index (χ1) is 9.13. The summed E-state index contributed by atoms with van der Waals surface area (Å²) >= 11 is 1.68. The van der Waals surface area contributed by atoms with Gasteiger partial charge in [-0.25, -0.2) is 4.98 Å². The molecule has 4 nitrogen and oxygen atoms in total. The van der Waals surface area contributed by atoms with Crippen LogP contribution in [0.25, 0.3) is 10.2 Å². The molecule has 1 aliphatic heterocycles. The van der Waals surface area contributed by atoms with Crippen molar-refractivity contribution >= 4 is 32.7 Å². The third-order valence-corrected chi connectivity index (χ3v) is 4.25. The summed E-state index contributed by atoms with van der Waals surface area (Å²) < 4.78 is 6.56. The molecule has 1 aromatic heterocycles. The van der Waals surface area contributed by atoms with Gasteiger partial charge in [-0.05, 0) is 12.1 Å². The zero-order valence-electron chi connectivity index (χ0n) is 11.0. The van der Waals surface area contributed by atoms with Crippen molar-refractivity contribution in [2.24, 2.45) is 5.92 Å². The van der Waals surface area contributed by atoms with Gasteiger partial charge in [-0.1, -0.05) is 37.3 Å². The highest BCUT2D eigenvalue weighted by atomic mass is 32.1. The fourth-order valence-corrected chi connectivity index (χ4v) is 2.95. The summed E-state index contributed by atoms with van der Waals surface area (Å²) in [5.74, 6) is -0.176. The van der Waals surface area contributed by atoms with Crippen LogP contribution in [0.5, 0.6) is 0 Å². The van der Waals surface area contributed by atoms with E-state index in [0.717, 1.165) is 23.7 Å². The van der Waals surface area contributed by atoms with Crippen LogP contribution < -0.4 is 4.90 Å². The first kappa shape index (κ1) is 12.4. The van der Waals surface area contributed by atoms with Crippen LogP contribution in [0.2, 0.25) is 0 Å². The molecular weight excluding hydrogens is 260 g/mol. The lowest BCUT2D eigenvalue weighted by atomic mass is 10.1. The number of aromatic nitrogens is 1. The van der Waals surface area contributed by atoms with Crippen LogP contribution in [-0.2, 0) is 9.53 Å². The van der Waals surface area contributed by atoms with Crippen LogP contribution >= 0.6 is 11.3 Å². The third kappa shape index (κ3) is 2.42. The monoisotopic (exact) mass is 276 g/mol. The molecule has 2 aromatic rings. The molecule has 5 heteroatoms. The molecule has 1 aliphatic rings. The van der Waals surface area contributed by atoms with Gasteiger partial charge in [0.05, 0.1) is 29.2 Å². The molecular formula is C14H16N2O2S. The summed E-state index contributed by atoms with van der Waals surface area (Å²) in [5, 5.41) is 1.01. The Balaban J connectivity index is 1.62. The molecule has 0 spiro atoms. The van der Waals surface area contributed by atoms with Gasteiger partial charge in [0.1, 0.15) is 6.10 Å². The zero-order valence-corrected chi connectivity index (χ0v) is 11.8. The molecule has 1 saturated heterocycles. The number of fused-ring (bicyclic) bond motifs is 1. The van der Waals surface area contributed by atoms with Crippen molar-refractivity contribution in [3.05, 3.63) is 24.3 Å². The van der Waals surface area contributed by atoms with Gasteiger partial charge in [0.2, 0.25) is 0 Å². The Hall–Kier alpha value is -1.62. The Morgan fingerprint density at radius 2 is 2.16 bits per heavy atom. The lowest BCUT2D eigenvalue weighted by Gasteiger charge is -2.38. The number of benzene rings is 1. The number of para-hydroxylation sites is 1. The van der Waals surface area contributed by atoms with Gasteiger partial charge < -0.3 is 9.64 Å². The lowest BCUT2D eigenvalue weighted by molar-refractivity contribution is -0.153. The molecule has 0 amide bonds. The number of hydrogen-bond acceptors (Lipinski definition) is 5. The van der Waals surface area contributed by atoms with Gasteiger partial charge >= 0.3 is 5.97 Å². The second-order valence-electron chi connectivity index (χ2n) is 5.08. The normalized spacial score (nSPS) is 15.8. The van der Waals surface area contributed by atoms with E-state index < -0.39 is 0 Å². The smallest absolute Gasteiger partial charge is 0.308 e. The van der Waals surface area contributed by atoms with Gasteiger partial charge in [-0.2, -0.15) is 0 Å². The highest BCUT2D eigenvalue weighted by molar-refractivity contribution is 7.22. The third-order valence-electron chi connectivity index (χ3n) is 3.16. The molecule has 3 rings (SSSR count). The zero-order chi connectivity index (χ0) is 13.4. The van der Waals surface area contributed by atoms with Gasteiger partial charge in [-0.15, -0.1) is 0 Å². The van der Waals surface area contributed by atoms with E-state index >= 15 is 0 Å². The minimum Gasteiger partial charge on any atom is -0.458 e. The largest absolute Gasteiger partial charge is 0.458 e. The van der Waals surface area contributed by atoms with E-state index in [1.54, 1.807) is 11.3 Å². The number of hydrogen-bond donors (Lipinski definition) is 0. The Labute approximate surface area is 116 Å². The Morgan fingerprint density at radius 1 is 1.42 bits per heavy atom. The molecule has 0 atom stereocenters. The number of nitrogens with zero attached hydrogens (tertiary/aromatic N) is 2. The summed E-state index contributed by atoms with van der Waals surface area (Å²) in [6, 6.07) is 8.11. The molecule has 100 valence electrons. The molecule has 1 fully saturated rings. The van der Waals surface area contributed by atoms with Crippen LogP contribution in [0.15, 0.2) is 24.3 Å². The molecule has 0 aliphatic carbocycles. The molecule has 19 heavy (non-hydrogen) atoms. The fourth-order valence-electron chi connectivity index (χ4n) is 1.96. The molecule has 0 unspecified atom stereocenters. The fraction of sp³-hybridized carbons (Fsp3) is 0.429. The standard InChI is InChI=1S/C14H16N2O2S/c1-9(2)13(17)18-10-7-16(8-10)14-15-11-5-3-4-6-12(11)19-14/h3-6,9-10H,7-8H2,1-2H3.